The second-order valence-electron chi connectivity index (χ2n) is 12.3. The van der Waals surface area contributed by atoms with Gasteiger partial charge in [0.25, 0.3) is 5.91 Å². The molecule has 48 heavy (non-hydrogen) atoms. The van der Waals surface area contributed by atoms with Gasteiger partial charge in [0.15, 0.2) is 0 Å². The van der Waals surface area contributed by atoms with Gasteiger partial charge in [-0.25, -0.2) is 4.79 Å². The number of methoxy groups -OCH3 is 1. The fourth-order valence-electron chi connectivity index (χ4n) is 6.08. The van der Waals surface area contributed by atoms with Crippen LogP contribution in [0.15, 0.2) is 103 Å². The summed E-state index contributed by atoms with van der Waals surface area (Å²) in [6.07, 6.45) is -3.01. The number of amides is 1. The SMILES string of the molecule is COC(=O)C(C)(C)OC(=O)C(c1ccccc1)C1CCN(c2ccc(NC(=O)c3ccccc3-c3ccc(C(F)(F)F)cc3)cc2)CC1. The number of esters is 2. The third-order valence-corrected chi connectivity index (χ3v) is 8.64. The highest BCUT2D eigenvalue weighted by atomic mass is 19.4. The van der Waals surface area contributed by atoms with Gasteiger partial charge in [-0.05, 0) is 91.8 Å². The predicted molar refractivity (Wildman–Crippen MR) is 178 cm³/mol. The van der Waals surface area contributed by atoms with E-state index in [2.05, 4.69) is 10.2 Å². The van der Waals surface area contributed by atoms with Crippen molar-refractivity contribution >= 4 is 29.2 Å². The number of carbonyl (C=O) groups excluding carboxylic acids is 3. The fraction of sp³-hybridized carbons (Fsp3) is 0.289. The van der Waals surface area contributed by atoms with Crippen molar-refractivity contribution < 1.29 is 37.0 Å². The lowest BCUT2D eigenvalue weighted by molar-refractivity contribution is -0.178. The molecule has 0 aliphatic carbocycles. The Balaban J connectivity index is 1.24. The molecular weight excluding hydrogens is 621 g/mol. The van der Waals surface area contributed by atoms with Crippen LogP contribution >= 0.6 is 0 Å². The van der Waals surface area contributed by atoms with Crippen LogP contribution in [0.2, 0.25) is 0 Å². The first-order chi connectivity index (χ1) is 22.9. The van der Waals surface area contributed by atoms with Gasteiger partial charge in [0.05, 0.1) is 18.6 Å². The molecule has 0 aromatic heterocycles. The van der Waals surface area contributed by atoms with Crippen molar-refractivity contribution in [3.8, 4) is 11.1 Å². The summed E-state index contributed by atoms with van der Waals surface area (Å²) >= 11 is 0. The number of alkyl halides is 3. The molecule has 5 rings (SSSR count). The quantitative estimate of drug-likeness (QED) is 0.183. The fourth-order valence-corrected chi connectivity index (χ4v) is 6.08. The predicted octanol–water partition coefficient (Wildman–Crippen LogP) is 8.12. The number of rotatable bonds is 9. The molecule has 0 saturated carbocycles. The van der Waals surface area contributed by atoms with Gasteiger partial charge in [-0.1, -0.05) is 60.7 Å². The Morgan fingerprint density at radius 1 is 0.812 bits per heavy atom. The van der Waals surface area contributed by atoms with Crippen molar-refractivity contribution in [1.29, 1.82) is 0 Å². The van der Waals surface area contributed by atoms with E-state index >= 15 is 0 Å². The maximum atomic E-state index is 13.5. The minimum atomic E-state index is -4.44. The second kappa shape index (κ2) is 14.3. The summed E-state index contributed by atoms with van der Waals surface area (Å²) < 4.78 is 49.7. The zero-order valence-corrected chi connectivity index (χ0v) is 26.9. The Labute approximate surface area is 277 Å². The lowest BCUT2D eigenvalue weighted by Crippen LogP contribution is -2.42. The molecule has 4 aromatic rings. The standard InChI is InChI=1S/C38H37F3N2O5/c1-37(2,36(46)47-3)48-35(45)33(26-9-5-4-6-10-26)27-21-23-43(24-22-27)30-19-17-29(18-20-30)42-34(44)32-12-8-7-11-31(32)25-13-15-28(16-14-25)38(39,40)41/h4-20,27,33H,21-24H2,1-3H3,(H,42,44). The number of piperidine rings is 1. The zero-order chi connectivity index (χ0) is 34.5. The van der Waals surface area contributed by atoms with Gasteiger partial charge < -0.3 is 19.7 Å². The summed E-state index contributed by atoms with van der Waals surface area (Å²) in [6, 6.07) is 28.4. The monoisotopic (exact) mass is 658 g/mol. The Hall–Kier alpha value is -5.12. The Morgan fingerprint density at radius 2 is 1.42 bits per heavy atom. The molecule has 250 valence electrons. The van der Waals surface area contributed by atoms with Crippen LogP contribution in [0, 0.1) is 5.92 Å². The maximum absolute atomic E-state index is 13.5. The average molecular weight is 659 g/mol. The molecule has 0 radical (unpaired) electrons. The number of nitrogens with one attached hydrogen (secondary N) is 1. The van der Waals surface area contributed by atoms with Gasteiger partial charge in [-0.3, -0.25) is 9.59 Å². The van der Waals surface area contributed by atoms with Gasteiger partial charge in [-0.2, -0.15) is 13.2 Å². The molecule has 4 aromatic carbocycles. The number of carbonyl (C=O) groups is 3. The van der Waals surface area contributed by atoms with Crippen LogP contribution in [0.3, 0.4) is 0 Å². The molecule has 1 aliphatic heterocycles. The minimum Gasteiger partial charge on any atom is -0.466 e. The first-order valence-corrected chi connectivity index (χ1v) is 15.7. The zero-order valence-electron chi connectivity index (χ0n) is 26.9. The Morgan fingerprint density at radius 3 is 2.02 bits per heavy atom. The highest BCUT2D eigenvalue weighted by molar-refractivity contribution is 6.08. The van der Waals surface area contributed by atoms with E-state index in [-0.39, 0.29) is 11.8 Å². The number of ether oxygens (including phenoxy) is 2. The molecule has 0 spiro atoms. The number of benzene rings is 4. The van der Waals surface area contributed by atoms with E-state index in [0.717, 1.165) is 23.4 Å². The number of anilines is 2. The minimum absolute atomic E-state index is 0.00658. The Kier molecular flexibility index (Phi) is 10.2. The van der Waals surface area contributed by atoms with Crippen LogP contribution in [0.25, 0.3) is 11.1 Å². The molecule has 0 bridgehead atoms. The van der Waals surface area contributed by atoms with E-state index in [1.54, 1.807) is 36.4 Å². The average Bonchev–Trinajstić information content (AvgIpc) is 3.08. The molecule has 1 amide bonds. The molecule has 7 nitrogen and oxygen atoms in total. The van der Waals surface area contributed by atoms with Gasteiger partial charge in [-0.15, -0.1) is 0 Å². The van der Waals surface area contributed by atoms with Crippen LogP contribution in [-0.4, -0.2) is 43.6 Å². The van der Waals surface area contributed by atoms with Gasteiger partial charge in [0.2, 0.25) is 5.60 Å². The third-order valence-electron chi connectivity index (χ3n) is 8.64. The second-order valence-corrected chi connectivity index (χ2v) is 12.3. The molecule has 1 heterocycles. The Bertz CT molecular complexity index is 1730. The van der Waals surface area contributed by atoms with Crippen molar-refractivity contribution in [3.05, 3.63) is 120 Å². The van der Waals surface area contributed by atoms with Crippen molar-refractivity contribution in [2.45, 2.75) is 44.4 Å². The van der Waals surface area contributed by atoms with Crippen LogP contribution in [0.1, 0.15) is 54.1 Å². The molecule has 10 heteroatoms. The summed E-state index contributed by atoms with van der Waals surface area (Å²) in [6.45, 7) is 4.42. The highest BCUT2D eigenvalue weighted by Crippen LogP contribution is 2.37. The molecule has 1 aliphatic rings. The molecule has 1 fully saturated rings. The summed E-state index contributed by atoms with van der Waals surface area (Å²) in [5.74, 6) is -2.02. The molecule has 1 N–H and O–H groups in total. The van der Waals surface area contributed by atoms with Crippen LogP contribution < -0.4 is 10.2 Å². The van der Waals surface area contributed by atoms with E-state index in [0.29, 0.717) is 48.3 Å². The van der Waals surface area contributed by atoms with Gasteiger partial charge >= 0.3 is 18.1 Å². The van der Waals surface area contributed by atoms with Crippen molar-refractivity contribution in [2.24, 2.45) is 5.92 Å². The van der Waals surface area contributed by atoms with E-state index < -0.39 is 35.2 Å². The molecular formula is C38H37F3N2O5. The first kappa shape index (κ1) is 34.2. The van der Waals surface area contributed by atoms with Crippen LogP contribution in [0.4, 0.5) is 24.5 Å². The summed E-state index contributed by atoms with van der Waals surface area (Å²) in [4.78, 5) is 41.2. The van der Waals surface area contributed by atoms with Crippen LogP contribution in [0.5, 0.6) is 0 Å². The van der Waals surface area contributed by atoms with Gasteiger partial charge in [0, 0.05) is 30.0 Å². The number of hydrogen-bond donors (Lipinski definition) is 1. The topological polar surface area (TPSA) is 84.9 Å². The van der Waals surface area contributed by atoms with E-state index in [4.69, 9.17) is 9.47 Å². The van der Waals surface area contributed by atoms with E-state index in [1.807, 2.05) is 42.5 Å². The van der Waals surface area contributed by atoms with E-state index in [1.165, 1.54) is 33.1 Å². The first-order valence-electron chi connectivity index (χ1n) is 15.7. The summed E-state index contributed by atoms with van der Waals surface area (Å²) in [5, 5.41) is 2.90. The maximum Gasteiger partial charge on any atom is 0.416 e. The van der Waals surface area contributed by atoms with Gasteiger partial charge in [0.1, 0.15) is 0 Å². The van der Waals surface area contributed by atoms with Crippen molar-refractivity contribution in [1.82, 2.24) is 0 Å². The molecule has 1 atom stereocenters. The summed E-state index contributed by atoms with van der Waals surface area (Å²) in [7, 11) is 1.26. The van der Waals surface area contributed by atoms with Crippen molar-refractivity contribution in [2.75, 3.05) is 30.4 Å². The number of nitrogens with zero attached hydrogens (tertiary/aromatic N) is 1. The van der Waals surface area contributed by atoms with E-state index in [9.17, 15) is 27.6 Å². The highest BCUT2D eigenvalue weighted by Gasteiger charge is 2.40. The third kappa shape index (κ3) is 7.87. The summed E-state index contributed by atoms with van der Waals surface area (Å²) in [5.41, 5.74) is 1.56. The number of halogens is 3. The molecule has 1 unspecified atom stereocenters. The normalized spacial score (nSPS) is 14.6. The lowest BCUT2D eigenvalue weighted by atomic mass is 9.80. The smallest absolute Gasteiger partial charge is 0.416 e. The van der Waals surface area contributed by atoms with Crippen molar-refractivity contribution in [3.63, 3.8) is 0 Å². The van der Waals surface area contributed by atoms with Crippen LogP contribution in [-0.2, 0) is 25.2 Å². The largest absolute Gasteiger partial charge is 0.466 e. The molecule has 1 saturated heterocycles. The number of hydrogen-bond acceptors (Lipinski definition) is 6. The lowest BCUT2D eigenvalue weighted by Gasteiger charge is -2.37.